The van der Waals surface area contributed by atoms with Crippen LogP contribution in [0.4, 0.5) is 5.13 Å². The predicted octanol–water partition coefficient (Wildman–Crippen LogP) is 3.08. The van der Waals surface area contributed by atoms with Crippen molar-refractivity contribution >= 4 is 28.1 Å². The fourth-order valence-corrected chi connectivity index (χ4v) is 4.11. The third kappa shape index (κ3) is 2.44. The number of nitrogens with one attached hydrogen (secondary N) is 1. The number of nitrogens with zero attached hydrogens (tertiary/aromatic N) is 2. The zero-order valence-corrected chi connectivity index (χ0v) is 11.6. The van der Waals surface area contributed by atoms with E-state index >= 15 is 0 Å². The highest BCUT2D eigenvalue weighted by Crippen LogP contribution is 2.37. The second-order valence-corrected chi connectivity index (χ2v) is 6.49. The summed E-state index contributed by atoms with van der Waals surface area (Å²) in [6.45, 7) is 1.05. The van der Waals surface area contributed by atoms with Crippen LogP contribution in [0.2, 0.25) is 5.15 Å². The highest BCUT2D eigenvalue weighted by Gasteiger charge is 2.38. The molecule has 0 aromatic carbocycles. The Balaban J connectivity index is 1.54. The Morgan fingerprint density at radius 1 is 1.47 bits per heavy atom. The summed E-state index contributed by atoms with van der Waals surface area (Å²) in [5.41, 5.74) is 0. The first kappa shape index (κ1) is 11.8. The lowest BCUT2D eigenvalue weighted by molar-refractivity contribution is 0.139. The number of aromatic nitrogens is 1. The van der Waals surface area contributed by atoms with Crippen LogP contribution >= 0.6 is 22.9 Å². The third-order valence-corrected chi connectivity index (χ3v) is 5.34. The summed E-state index contributed by atoms with van der Waals surface area (Å²) >= 11 is 7.40. The van der Waals surface area contributed by atoms with Crippen molar-refractivity contribution in [3.63, 3.8) is 0 Å². The van der Waals surface area contributed by atoms with Gasteiger partial charge in [-0.3, -0.25) is 0 Å². The number of anilines is 1. The van der Waals surface area contributed by atoms with E-state index in [9.17, 15) is 0 Å². The van der Waals surface area contributed by atoms with E-state index in [1.165, 1.54) is 25.7 Å². The molecule has 0 spiro atoms. The van der Waals surface area contributed by atoms with Gasteiger partial charge in [0.05, 0.1) is 0 Å². The van der Waals surface area contributed by atoms with Crippen molar-refractivity contribution in [2.45, 2.75) is 37.8 Å². The molecule has 17 heavy (non-hydrogen) atoms. The zero-order chi connectivity index (χ0) is 11.8. The van der Waals surface area contributed by atoms with Gasteiger partial charge in [-0.05, 0) is 38.6 Å². The number of fused-ring (bicyclic) bond motifs is 2. The van der Waals surface area contributed by atoms with E-state index in [1.807, 2.05) is 5.38 Å². The minimum Gasteiger partial charge on any atom is -0.361 e. The maximum atomic E-state index is 5.81. The molecule has 2 aliphatic rings. The molecule has 2 unspecified atom stereocenters. The fourth-order valence-electron chi connectivity index (χ4n) is 3.26. The first-order chi connectivity index (χ1) is 8.22. The van der Waals surface area contributed by atoms with Crippen molar-refractivity contribution in [3.8, 4) is 0 Å². The number of piperidine rings is 1. The van der Waals surface area contributed by atoms with Crippen molar-refractivity contribution in [1.82, 2.24) is 9.88 Å². The van der Waals surface area contributed by atoms with Crippen molar-refractivity contribution < 1.29 is 0 Å². The van der Waals surface area contributed by atoms with Crippen LogP contribution < -0.4 is 5.32 Å². The molecule has 3 rings (SSSR count). The minimum atomic E-state index is 0.598. The molecule has 1 aromatic heterocycles. The van der Waals surface area contributed by atoms with Gasteiger partial charge >= 0.3 is 0 Å². The highest BCUT2D eigenvalue weighted by atomic mass is 35.5. The van der Waals surface area contributed by atoms with Crippen LogP contribution in [0, 0.1) is 5.92 Å². The lowest BCUT2D eigenvalue weighted by atomic mass is 9.91. The van der Waals surface area contributed by atoms with Crippen LogP contribution in [0.15, 0.2) is 5.38 Å². The van der Waals surface area contributed by atoms with E-state index < -0.39 is 0 Å². The van der Waals surface area contributed by atoms with Gasteiger partial charge in [0.15, 0.2) is 5.13 Å². The van der Waals surface area contributed by atoms with Crippen LogP contribution in [0.25, 0.3) is 0 Å². The molecule has 1 N–H and O–H groups in total. The van der Waals surface area contributed by atoms with Gasteiger partial charge in [-0.1, -0.05) is 11.6 Å². The molecular weight excluding hydrogens is 254 g/mol. The molecule has 0 aliphatic carbocycles. The molecular formula is C12H18ClN3S. The Morgan fingerprint density at radius 2 is 2.18 bits per heavy atom. The summed E-state index contributed by atoms with van der Waals surface area (Å²) in [5.74, 6) is 0.798. The molecule has 2 bridgehead atoms. The topological polar surface area (TPSA) is 28.2 Å². The lowest BCUT2D eigenvalue weighted by Gasteiger charge is -2.36. The number of hydrogen-bond donors (Lipinski definition) is 1. The predicted molar refractivity (Wildman–Crippen MR) is 72.9 cm³/mol. The zero-order valence-electron chi connectivity index (χ0n) is 10.0. The van der Waals surface area contributed by atoms with Gasteiger partial charge in [-0.25, -0.2) is 4.98 Å². The molecule has 2 saturated heterocycles. The van der Waals surface area contributed by atoms with Gasteiger partial charge in [0.25, 0.3) is 0 Å². The van der Waals surface area contributed by atoms with Crippen molar-refractivity contribution in [3.05, 3.63) is 10.5 Å². The van der Waals surface area contributed by atoms with Crippen LogP contribution in [0.3, 0.4) is 0 Å². The summed E-state index contributed by atoms with van der Waals surface area (Å²) in [6, 6.07) is 1.64. The van der Waals surface area contributed by atoms with E-state index in [0.717, 1.165) is 29.7 Å². The van der Waals surface area contributed by atoms with E-state index in [4.69, 9.17) is 11.6 Å². The summed E-state index contributed by atoms with van der Waals surface area (Å²) in [6.07, 6.45) is 5.44. The van der Waals surface area contributed by atoms with Gasteiger partial charge in [0.1, 0.15) is 5.15 Å². The van der Waals surface area contributed by atoms with E-state index in [2.05, 4.69) is 22.2 Å². The monoisotopic (exact) mass is 271 g/mol. The molecule has 2 atom stereocenters. The molecule has 2 fully saturated rings. The smallest absolute Gasteiger partial charge is 0.184 e. The van der Waals surface area contributed by atoms with E-state index in [0.29, 0.717) is 5.15 Å². The number of rotatable bonds is 3. The Kier molecular flexibility index (Phi) is 3.28. The van der Waals surface area contributed by atoms with Crippen molar-refractivity contribution in [2.24, 2.45) is 5.92 Å². The van der Waals surface area contributed by atoms with Crippen LogP contribution in [0.1, 0.15) is 25.7 Å². The highest BCUT2D eigenvalue weighted by molar-refractivity contribution is 7.14. The molecule has 0 amide bonds. The second-order valence-electron chi connectivity index (χ2n) is 5.24. The summed E-state index contributed by atoms with van der Waals surface area (Å²) < 4.78 is 0. The largest absolute Gasteiger partial charge is 0.361 e. The average Bonchev–Trinajstić information content (AvgIpc) is 2.78. The fraction of sp³-hybridized carbons (Fsp3) is 0.750. The molecule has 3 heterocycles. The molecule has 3 nitrogen and oxygen atoms in total. The maximum Gasteiger partial charge on any atom is 0.184 e. The van der Waals surface area contributed by atoms with Crippen molar-refractivity contribution in [1.29, 1.82) is 0 Å². The summed E-state index contributed by atoms with van der Waals surface area (Å²) in [5, 5.41) is 6.86. The molecule has 2 aliphatic heterocycles. The number of hydrogen-bond acceptors (Lipinski definition) is 4. The van der Waals surface area contributed by atoms with Crippen LogP contribution in [-0.2, 0) is 0 Å². The third-order valence-electron chi connectivity index (χ3n) is 4.21. The second kappa shape index (κ2) is 4.75. The number of thiazole rings is 1. The SMILES string of the molecule is CN1C2CCC1CC(CNc1nc(Cl)cs1)C2. The quantitative estimate of drug-likeness (QED) is 0.916. The Hall–Kier alpha value is -0.320. The first-order valence-corrected chi connectivity index (χ1v) is 7.55. The lowest BCUT2D eigenvalue weighted by Crippen LogP contribution is -2.41. The van der Waals surface area contributed by atoms with Gasteiger partial charge in [-0.15, -0.1) is 11.3 Å². The number of halogens is 1. The molecule has 1 aromatic rings. The Bertz CT molecular complexity index is 381. The molecule has 94 valence electrons. The maximum absolute atomic E-state index is 5.81. The van der Waals surface area contributed by atoms with E-state index in [-0.39, 0.29) is 0 Å². The van der Waals surface area contributed by atoms with Gasteiger partial charge in [-0.2, -0.15) is 0 Å². The summed E-state index contributed by atoms with van der Waals surface area (Å²) in [7, 11) is 2.28. The van der Waals surface area contributed by atoms with Gasteiger partial charge in [0, 0.05) is 24.0 Å². The van der Waals surface area contributed by atoms with Gasteiger partial charge in [0.2, 0.25) is 0 Å². The average molecular weight is 272 g/mol. The standard InChI is InChI=1S/C12H18ClN3S/c1-16-9-2-3-10(16)5-8(4-9)6-14-12-15-11(13)7-17-12/h7-10H,2-6H2,1H3,(H,14,15). The minimum absolute atomic E-state index is 0.598. The van der Waals surface area contributed by atoms with Crippen LogP contribution in [-0.4, -0.2) is 35.6 Å². The molecule has 0 saturated carbocycles. The molecule has 5 heteroatoms. The molecule has 0 radical (unpaired) electrons. The first-order valence-electron chi connectivity index (χ1n) is 6.29. The normalized spacial score (nSPS) is 32.9. The van der Waals surface area contributed by atoms with Crippen LogP contribution in [0.5, 0.6) is 0 Å². The Labute approximate surface area is 111 Å². The summed E-state index contributed by atoms with van der Waals surface area (Å²) in [4.78, 5) is 6.81. The van der Waals surface area contributed by atoms with Gasteiger partial charge < -0.3 is 10.2 Å². The van der Waals surface area contributed by atoms with E-state index in [1.54, 1.807) is 11.3 Å². The van der Waals surface area contributed by atoms with Crippen molar-refractivity contribution in [2.75, 3.05) is 18.9 Å². The Morgan fingerprint density at radius 3 is 2.76 bits per heavy atom.